The molecule has 200 valence electrons. The standard InChI is InChI=1S/C29H30AsFN6O2/c30-28-26-27(19-5-10-25-18(13-19)11-12-36(25)15-20-3-1-2-4-24(20)31)35-37(29(26)34-17-33-28)22-8-6-21(7-9-22)32-14-23(39)16-38/h1-5,10-13,17,21-23,32,38-39H,6-9,14-16H2/t21?,22?,23-/m0/s1. The number of aliphatic hydroxyl groups excluding tert-OH is 2. The van der Waals surface area contributed by atoms with Gasteiger partial charge in [0, 0.05) is 0 Å². The van der Waals surface area contributed by atoms with E-state index in [1.165, 1.54) is 6.07 Å². The maximum absolute atomic E-state index is 14.3. The van der Waals surface area contributed by atoms with Crippen LogP contribution in [0.1, 0.15) is 37.3 Å². The van der Waals surface area contributed by atoms with Gasteiger partial charge in [0.15, 0.2) is 0 Å². The summed E-state index contributed by atoms with van der Waals surface area (Å²) in [7, 11) is 0. The number of nitrogens with one attached hydrogen (secondary N) is 1. The molecule has 2 radical (unpaired) electrons. The van der Waals surface area contributed by atoms with E-state index in [9.17, 15) is 9.50 Å². The molecule has 6 rings (SSSR count). The fourth-order valence-electron chi connectivity index (χ4n) is 5.60. The summed E-state index contributed by atoms with van der Waals surface area (Å²) in [5.74, 6) is -0.200. The maximum atomic E-state index is 14.3. The first-order chi connectivity index (χ1) is 19.0. The van der Waals surface area contributed by atoms with Gasteiger partial charge < -0.3 is 5.11 Å². The van der Waals surface area contributed by atoms with Gasteiger partial charge in [0.05, 0.1) is 0 Å². The minimum absolute atomic E-state index is 0.200. The Bertz CT molecular complexity index is 1610. The Balaban J connectivity index is 1.29. The van der Waals surface area contributed by atoms with Crippen molar-refractivity contribution in [3.05, 3.63) is 72.4 Å². The van der Waals surface area contributed by atoms with Crippen LogP contribution < -0.4 is 9.80 Å². The molecule has 1 aliphatic rings. The van der Waals surface area contributed by atoms with Crippen LogP contribution in [0.4, 0.5) is 4.39 Å². The van der Waals surface area contributed by atoms with E-state index in [1.807, 2.05) is 18.3 Å². The molecule has 3 N–H and O–H groups in total. The first-order valence-electron chi connectivity index (χ1n) is 13.3. The second-order valence-corrected chi connectivity index (χ2v) is 11.1. The number of aliphatic hydroxyl groups is 2. The van der Waals surface area contributed by atoms with Gasteiger partial charge >= 0.3 is 224 Å². The Labute approximate surface area is 234 Å². The number of hydrogen-bond donors (Lipinski definition) is 3. The first-order valence-corrected chi connectivity index (χ1v) is 14.2. The predicted octanol–water partition coefficient (Wildman–Crippen LogP) is 2.86. The quantitative estimate of drug-likeness (QED) is 0.241. The third-order valence-corrected chi connectivity index (χ3v) is 8.42. The first kappa shape index (κ1) is 26.1. The van der Waals surface area contributed by atoms with Crippen molar-refractivity contribution in [2.75, 3.05) is 13.2 Å². The number of aromatic nitrogens is 5. The van der Waals surface area contributed by atoms with E-state index in [0.29, 0.717) is 24.7 Å². The zero-order valence-corrected chi connectivity index (χ0v) is 23.3. The Hall–Kier alpha value is -3.10. The van der Waals surface area contributed by atoms with Crippen LogP contribution in [0.15, 0.2) is 61.1 Å². The number of fused-ring (bicyclic) bond motifs is 2. The van der Waals surface area contributed by atoms with Gasteiger partial charge in [0.1, 0.15) is 0 Å². The molecule has 0 amide bonds. The predicted molar refractivity (Wildman–Crippen MR) is 150 cm³/mol. The van der Waals surface area contributed by atoms with Gasteiger partial charge in [-0.15, -0.1) is 0 Å². The van der Waals surface area contributed by atoms with Crippen molar-refractivity contribution in [2.24, 2.45) is 0 Å². The molecule has 0 bridgehead atoms. The molecule has 1 atom stereocenters. The van der Waals surface area contributed by atoms with Crippen molar-refractivity contribution in [3.8, 4) is 11.3 Å². The zero-order chi connectivity index (χ0) is 26.9. The van der Waals surface area contributed by atoms with Crippen molar-refractivity contribution in [1.29, 1.82) is 0 Å². The summed E-state index contributed by atoms with van der Waals surface area (Å²) in [5, 5.41) is 29.2. The van der Waals surface area contributed by atoms with Crippen molar-refractivity contribution in [2.45, 2.75) is 50.4 Å². The topological polar surface area (TPSA) is 101 Å². The summed E-state index contributed by atoms with van der Waals surface area (Å²) < 4.78 is 19.2. The van der Waals surface area contributed by atoms with E-state index in [1.54, 1.807) is 12.4 Å². The third kappa shape index (κ3) is 5.24. The molecule has 1 saturated carbocycles. The molecular formula is C29H30AsFN6O2. The molecular weight excluding hydrogens is 558 g/mol. The number of benzene rings is 2. The van der Waals surface area contributed by atoms with E-state index in [2.05, 4.69) is 65.7 Å². The van der Waals surface area contributed by atoms with Gasteiger partial charge in [-0.25, -0.2) is 0 Å². The van der Waals surface area contributed by atoms with Crippen LogP contribution in [0.2, 0.25) is 0 Å². The third-order valence-electron chi connectivity index (χ3n) is 7.71. The van der Waals surface area contributed by atoms with Crippen LogP contribution in [0.3, 0.4) is 0 Å². The molecule has 3 aromatic heterocycles. The summed E-state index contributed by atoms with van der Waals surface area (Å²) in [6.45, 7) is 0.633. The number of rotatable bonds is 8. The Morgan fingerprint density at radius 1 is 1.08 bits per heavy atom. The summed E-state index contributed by atoms with van der Waals surface area (Å²) >= 11 is 2.54. The van der Waals surface area contributed by atoms with Crippen LogP contribution >= 0.6 is 0 Å². The Morgan fingerprint density at radius 2 is 1.90 bits per heavy atom. The second-order valence-electron chi connectivity index (χ2n) is 10.2. The van der Waals surface area contributed by atoms with Crippen LogP contribution in [0, 0.1) is 5.82 Å². The van der Waals surface area contributed by atoms with Crippen molar-refractivity contribution >= 4 is 43.3 Å². The van der Waals surface area contributed by atoms with Gasteiger partial charge in [0.2, 0.25) is 0 Å². The summed E-state index contributed by atoms with van der Waals surface area (Å²) in [5.41, 5.74) is 4.37. The molecule has 10 heteroatoms. The fraction of sp³-hybridized carbons (Fsp3) is 0.345. The van der Waals surface area contributed by atoms with Crippen LogP contribution in [0.25, 0.3) is 33.2 Å². The Morgan fingerprint density at radius 3 is 2.69 bits per heavy atom. The zero-order valence-electron chi connectivity index (χ0n) is 21.4. The number of hydrogen-bond acceptors (Lipinski definition) is 6. The summed E-state index contributed by atoms with van der Waals surface area (Å²) in [6.07, 6.45) is 6.66. The molecule has 0 spiro atoms. The van der Waals surface area contributed by atoms with E-state index in [-0.39, 0.29) is 18.5 Å². The van der Waals surface area contributed by atoms with E-state index >= 15 is 0 Å². The van der Waals surface area contributed by atoms with Crippen LogP contribution in [0.5, 0.6) is 0 Å². The molecule has 3 heterocycles. The van der Waals surface area contributed by atoms with Crippen LogP contribution in [-0.4, -0.2) is 76.7 Å². The summed E-state index contributed by atoms with van der Waals surface area (Å²) in [6, 6.07) is 15.7. The molecule has 1 fully saturated rings. The van der Waals surface area contributed by atoms with E-state index in [4.69, 9.17) is 10.2 Å². The SMILES string of the molecule is OC[C@@H](O)CNC1CCC(n2nc(-c3ccc4c(ccn4Cc4ccccc4F)c3)c3c([As])ncnc32)CC1. The molecule has 1 aliphatic carbocycles. The van der Waals surface area contributed by atoms with Gasteiger partial charge in [-0.05, 0) is 0 Å². The molecule has 2 aromatic carbocycles. The van der Waals surface area contributed by atoms with E-state index in [0.717, 1.165) is 63.4 Å². The van der Waals surface area contributed by atoms with Gasteiger partial charge in [0.25, 0.3) is 0 Å². The van der Waals surface area contributed by atoms with Gasteiger partial charge in [-0.3, -0.25) is 0 Å². The average molecular weight is 589 g/mol. The molecule has 0 unspecified atom stereocenters. The second kappa shape index (κ2) is 11.2. The molecule has 39 heavy (non-hydrogen) atoms. The van der Waals surface area contributed by atoms with Crippen molar-refractivity contribution < 1.29 is 14.6 Å². The fourth-order valence-corrected chi connectivity index (χ4v) is 6.14. The van der Waals surface area contributed by atoms with Gasteiger partial charge in [-0.1, -0.05) is 6.07 Å². The van der Waals surface area contributed by atoms with Crippen LogP contribution in [-0.2, 0) is 6.54 Å². The molecule has 8 nitrogen and oxygen atoms in total. The van der Waals surface area contributed by atoms with Gasteiger partial charge in [-0.2, -0.15) is 0 Å². The minimum atomic E-state index is -0.730. The Kier molecular flexibility index (Phi) is 7.49. The monoisotopic (exact) mass is 588 g/mol. The molecule has 5 aromatic rings. The molecule has 0 saturated heterocycles. The number of halogens is 1. The summed E-state index contributed by atoms with van der Waals surface area (Å²) in [4.78, 5) is 9.09. The normalized spacial score (nSPS) is 18.7. The number of nitrogens with zero attached hydrogens (tertiary/aromatic N) is 5. The van der Waals surface area contributed by atoms with Crippen molar-refractivity contribution in [1.82, 2.24) is 29.6 Å². The average Bonchev–Trinajstić information content (AvgIpc) is 3.55. The van der Waals surface area contributed by atoms with E-state index < -0.39 is 6.10 Å². The molecule has 0 aliphatic heterocycles. The van der Waals surface area contributed by atoms with Crippen molar-refractivity contribution in [3.63, 3.8) is 0 Å².